The van der Waals surface area contributed by atoms with E-state index in [9.17, 15) is 10.1 Å². The first-order valence-electron chi connectivity index (χ1n) is 5.20. The number of allylic oxidation sites excluding steroid dienone is 1. The van der Waals surface area contributed by atoms with Crippen LogP contribution >= 0.6 is 0 Å². The van der Waals surface area contributed by atoms with Crippen molar-refractivity contribution in [3.8, 4) is 11.5 Å². The van der Waals surface area contributed by atoms with Crippen LogP contribution in [0.5, 0.6) is 11.5 Å². The number of hydrogen-bond donors (Lipinski definition) is 0. The van der Waals surface area contributed by atoms with Crippen LogP contribution in [-0.2, 0) is 0 Å². The smallest absolute Gasteiger partial charge is 0.246 e. The lowest BCUT2D eigenvalue weighted by Gasteiger charge is -2.09. The third kappa shape index (κ3) is 2.96. The predicted molar refractivity (Wildman–Crippen MR) is 64.8 cm³/mol. The maximum absolute atomic E-state index is 10.8. The van der Waals surface area contributed by atoms with Gasteiger partial charge in [0.05, 0.1) is 19.1 Å². The van der Waals surface area contributed by atoms with Crippen molar-refractivity contribution in [3.05, 3.63) is 39.6 Å². The number of nitrogens with zero attached hydrogens (tertiary/aromatic N) is 1. The second-order valence-electron chi connectivity index (χ2n) is 3.33. The van der Waals surface area contributed by atoms with E-state index in [1.807, 2.05) is 0 Å². The number of hydrogen-bond acceptors (Lipinski definition) is 4. The van der Waals surface area contributed by atoms with Crippen LogP contribution in [-0.4, -0.2) is 19.1 Å². The third-order valence-electron chi connectivity index (χ3n) is 2.35. The Morgan fingerprint density at radius 1 is 1.41 bits per heavy atom. The fraction of sp³-hybridized carbons (Fsp3) is 0.333. The van der Waals surface area contributed by atoms with Gasteiger partial charge in [-0.05, 0) is 6.07 Å². The van der Waals surface area contributed by atoms with E-state index < -0.39 is 0 Å². The molecule has 0 saturated heterocycles. The molecule has 0 aliphatic carbocycles. The highest BCUT2D eigenvalue weighted by atomic mass is 16.6. The molecule has 0 bridgehead atoms. The number of para-hydroxylation sites is 1. The maximum Gasteiger partial charge on any atom is 0.246 e. The molecular weight excluding hydrogens is 222 g/mol. The largest absolute Gasteiger partial charge is 0.493 e. The Morgan fingerprint density at radius 2 is 2.12 bits per heavy atom. The highest BCUT2D eigenvalue weighted by molar-refractivity contribution is 5.63. The average Bonchev–Trinajstić information content (AvgIpc) is 2.34. The molecule has 0 spiro atoms. The maximum atomic E-state index is 10.8. The molecule has 1 aromatic rings. The molecule has 17 heavy (non-hydrogen) atoms. The van der Waals surface area contributed by atoms with E-state index in [4.69, 9.17) is 9.47 Å². The first kappa shape index (κ1) is 13.0. The molecule has 1 rings (SSSR count). The van der Waals surface area contributed by atoms with Crippen LogP contribution < -0.4 is 9.47 Å². The molecular formula is C12H15NO4. The summed E-state index contributed by atoms with van der Waals surface area (Å²) in [6.07, 6.45) is 1.86. The average molecular weight is 237 g/mol. The zero-order valence-corrected chi connectivity index (χ0v) is 10.1. The molecule has 0 N–H and O–H groups in total. The Labute approximate surface area is 99.8 Å². The lowest BCUT2D eigenvalue weighted by Crippen LogP contribution is -1.98. The molecule has 0 saturated carbocycles. The van der Waals surface area contributed by atoms with Gasteiger partial charge >= 0.3 is 0 Å². The molecule has 0 aliphatic heterocycles. The van der Waals surface area contributed by atoms with E-state index in [2.05, 4.69) is 0 Å². The summed E-state index contributed by atoms with van der Waals surface area (Å²) < 4.78 is 10.3. The summed E-state index contributed by atoms with van der Waals surface area (Å²) in [5.74, 6) is 1.06. The van der Waals surface area contributed by atoms with Crippen molar-refractivity contribution in [2.24, 2.45) is 0 Å². The molecule has 5 nitrogen and oxygen atoms in total. The molecule has 1 aromatic carbocycles. The number of benzene rings is 1. The van der Waals surface area contributed by atoms with Crippen molar-refractivity contribution in [1.82, 2.24) is 0 Å². The fourth-order valence-electron chi connectivity index (χ4n) is 1.49. The third-order valence-corrected chi connectivity index (χ3v) is 2.35. The Balaban J connectivity index is 3.26. The van der Waals surface area contributed by atoms with Crippen molar-refractivity contribution in [2.75, 3.05) is 14.2 Å². The highest BCUT2D eigenvalue weighted by Gasteiger charge is 2.12. The second kappa shape index (κ2) is 5.89. The van der Waals surface area contributed by atoms with Crippen molar-refractivity contribution in [1.29, 1.82) is 0 Å². The van der Waals surface area contributed by atoms with Crippen LogP contribution in [0.25, 0.3) is 6.08 Å². The SMILES string of the molecule is CCC(=Cc1cccc(OC)c1OC)[N+](=O)[O-]. The van der Waals surface area contributed by atoms with Crippen molar-refractivity contribution >= 4 is 6.08 Å². The quantitative estimate of drug-likeness (QED) is 0.583. The minimum Gasteiger partial charge on any atom is -0.493 e. The summed E-state index contributed by atoms with van der Waals surface area (Å²) in [6.45, 7) is 1.74. The number of rotatable bonds is 5. The number of methoxy groups -OCH3 is 2. The monoisotopic (exact) mass is 237 g/mol. The van der Waals surface area contributed by atoms with Crippen molar-refractivity contribution < 1.29 is 14.4 Å². The Kier molecular flexibility index (Phi) is 4.51. The molecule has 0 fully saturated rings. The predicted octanol–water partition coefficient (Wildman–Crippen LogP) is 2.73. The van der Waals surface area contributed by atoms with Crippen LogP contribution in [0.15, 0.2) is 23.9 Å². The van der Waals surface area contributed by atoms with Crippen LogP contribution in [0.3, 0.4) is 0 Å². The molecule has 0 aromatic heterocycles. The molecule has 0 amide bonds. The van der Waals surface area contributed by atoms with E-state index in [1.165, 1.54) is 20.3 Å². The molecule has 0 radical (unpaired) electrons. The molecule has 0 aliphatic rings. The minimum absolute atomic E-state index is 0.136. The fourth-order valence-corrected chi connectivity index (χ4v) is 1.49. The second-order valence-corrected chi connectivity index (χ2v) is 3.33. The highest BCUT2D eigenvalue weighted by Crippen LogP contribution is 2.32. The van der Waals surface area contributed by atoms with Crippen LogP contribution in [0, 0.1) is 10.1 Å². The van der Waals surface area contributed by atoms with Crippen LogP contribution in [0.2, 0.25) is 0 Å². The van der Waals surface area contributed by atoms with E-state index in [0.29, 0.717) is 23.5 Å². The van der Waals surface area contributed by atoms with Gasteiger partial charge in [-0.1, -0.05) is 19.1 Å². The number of ether oxygens (including phenoxy) is 2. The van der Waals surface area contributed by atoms with Crippen molar-refractivity contribution in [3.63, 3.8) is 0 Å². The summed E-state index contributed by atoms with van der Waals surface area (Å²) >= 11 is 0. The van der Waals surface area contributed by atoms with Gasteiger partial charge < -0.3 is 9.47 Å². The summed E-state index contributed by atoms with van der Waals surface area (Å²) in [4.78, 5) is 10.4. The van der Waals surface area contributed by atoms with Crippen molar-refractivity contribution in [2.45, 2.75) is 13.3 Å². The van der Waals surface area contributed by atoms with Crippen LogP contribution in [0.1, 0.15) is 18.9 Å². The Hall–Kier alpha value is -2.04. The summed E-state index contributed by atoms with van der Waals surface area (Å²) in [5, 5.41) is 10.8. The first-order valence-corrected chi connectivity index (χ1v) is 5.20. The van der Waals surface area contributed by atoms with Gasteiger partial charge in [0.1, 0.15) is 0 Å². The summed E-state index contributed by atoms with van der Waals surface area (Å²) in [5.41, 5.74) is 0.775. The molecule has 0 atom stereocenters. The Bertz CT molecular complexity index is 440. The van der Waals surface area contributed by atoms with E-state index in [-0.39, 0.29) is 10.6 Å². The van der Waals surface area contributed by atoms with Gasteiger partial charge in [-0.3, -0.25) is 10.1 Å². The van der Waals surface area contributed by atoms with E-state index >= 15 is 0 Å². The molecule has 0 unspecified atom stereocenters. The topological polar surface area (TPSA) is 61.6 Å². The van der Waals surface area contributed by atoms with Gasteiger partial charge in [0.2, 0.25) is 5.70 Å². The summed E-state index contributed by atoms with van der Waals surface area (Å²) in [7, 11) is 3.03. The first-order chi connectivity index (χ1) is 8.13. The van der Waals surface area contributed by atoms with E-state index in [0.717, 1.165) is 0 Å². The van der Waals surface area contributed by atoms with Gasteiger partial charge in [0.25, 0.3) is 0 Å². The minimum atomic E-state index is -0.390. The molecule has 5 heteroatoms. The molecule has 92 valence electrons. The van der Waals surface area contributed by atoms with Gasteiger partial charge in [-0.2, -0.15) is 0 Å². The van der Waals surface area contributed by atoms with Gasteiger partial charge in [0, 0.05) is 18.1 Å². The standard InChI is InChI=1S/C12H15NO4/c1-4-10(13(14)15)8-9-6-5-7-11(16-2)12(9)17-3/h5-8H,4H2,1-3H3. The van der Waals surface area contributed by atoms with Gasteiger partial charge in [-0.25, -0.2) is 0 Å². The Morgan fingerprint density at radius 3 is 2.59 bits per heavy atom. The zero-order chi connectivity index (χ0) is 12.8. The normalized spacial score (nSPS) is 11.1. The number of nitro groups is 1. The van der Waals surface area contributed by atoms with E-state index in [1.54, 1.807) is 25.1 Å². The lowest BCUT2D eigenvalue weighted by atomic mass is 10.1. The molecule has 0 heterocycles. The zero-order valence-electron chi connectivity index (χ0n) is 10.1. The van der Waals surface area contributed by atoms with Gasteiger partial charge in [0.15, 0.2) is 11.5 Å². The van der Waals surface area contributed by atoms with Crippen LogP contribution in [0.4, 0.5) is 0 Å². The summed E-state index contributed by atoms with van der Waals surface area (Å²) in [6, 6.07) is 5.26. The lowest BCUT2D eigenvalue weighted by molar-refractivity contribution is -0.425. The van der Waals surface area contributed by atoms with Gasteiger partial charge in [-0.15, -0.1) is 0 Å².